The van der Waals surface area contributed by atoms with E-state index < -0.39 is 40.0 Å². The Labute approximate surface area is 230 Å². The van der Waals surface area contributed by atoms with Crippen LogP contribution in [0.5, 0.6) is 0 Å². The molecule has 2 amide bonds. The number of hydrogen-bond acceptors (Lipinski definition) is 7. The van der Waals surface area contributed by atoms with Crippen LogP contribution in [0.1, 0.15) is 57.3 Å². The third-order valence-electron chi connectivity index (χ3n) is 6.33. The summed E-state index contributed by atoms with van der Waals surface area (Å²) in [4.78, 5) is 32.6. The zero-order chi connectivity index (χ0) is 28.3. The first-order valence-electron chi connectivity index (χ1n) is 13.2. The van der Waals surface area contributed by atoms with Gasteiger partial charge in [0.2, 0.25) is 21.8 Å². The summed E-state index contributed by atoms with van der Waals surface area (Å²) in [7, 11) is -3.84. The number of hydrogen-bond donors (Lipinski definition) is 2. The van der Waals surface area contributed by atoms with Crippen molar-refractivity contribution < 1.29 is 32.0 Å². The summed E-state index contributed by atoms with van der Waals surface area (Å²) in [6, 6.07) is 12.9. The highest BCUT2D eigenvalue weighted by atomic mass is 32.2. The van der Waals surface area contributed by atoms with Crippen LogP contribution in [0.15, 0.2) is 59.2 Å². The second kappa shape index (κ2) is 15.0. The highest BCUT2D eigenvalue weighted by Gasteiger charge is 2.36. The van der Waals surface area contributed by atoms with Gasteiger partial charge >= 0.3 is 0 Å². The molecule has 0 saturated carbocycles. The van der Waals surface area contributed by atoms with Crippen molar-refractivity contribution in [2.75, 3.05) is 12.9 Å². The lowest BCUT2D eigenvalue weighted by Crippen LogP contribution is -2.50. The van der Waals surface area contributed by atoms with Gasteiger partial charge in [-0.3, -0.25) is 15.0 Å². The van der Waals surface area contributed by atoms with Gasteiger partial charge in [-0.1, -0.05) is 56.3 Å². The molecule has 2 aromatic rings. The van der Waals surface area contributed by atoms with E-state index in [1.165, 1.54) is 6.26 Å². The van der Waals surface area contributed by atoms with Crippen molar-refractivity contribution in [3.05, 3.63) is 66.1 Å². The van der Waals surface area contributed by atoms with Gasteiger partial charge in [-0.05, 0) is 49.3 Å². The number of hydroxylamine groups is 1. The maximum atomic E-state index is 13.6. The van der Waals surface area contributed by atoms with Gasteiger partial charge in [-0.15, -0.1) is 4.41 Å². The molecule has 0 aliphatic carbocycles. The molecular formula is C28H39N3O7S. The summed E-state index contributed by atoms with van der Waals surface area (Å²) in [5.74, 6) is -2.32. The number of rotatable bonds is 14. The maximum Gasteiger partial charge on any atom is 0.247 e. The molecule has 3 atom stereocenters. The number of sulfonamides is 1. The van der Waals surface area contributed by atoms with E-state index in [2.05, 4.69) is 10.9 Å². The Morgan fingerprint density at radius 2 is 1.87 bits per heavy atom. The summed E-state index contributed by atoms with van der Waals surface area (Å²) >= 11 is 0. The van der Waals surface area contributed by atoms with Crippen LogP contribution in [-0.2, 0) is 35.7 Å². The van der Waals surface area contributed by atoms with Gasteiger partial charge in [0.25, 0.3) is 0 Å². The molecule has 0 bridgehead atoms. The van der Waals surface area contributed by atoms with E-state index in [1.807, 2.05) is 56.3 Å². The number of carbonyl (C=O) groups is 2. The second-order valence-electron chi connectivity index (χ2n) is 10.1. The van der Waals surface area contributed by atoms with Crippen LogP contribution >= 0.6 is 0 Å². The molecule has 3 rings (SSSR count). The Hall–Kier alpha value is -2.99. The predicted molar refractivity (Wildman–Crippen MR) is 147 cm³/mol. The lowest BCUT2D eigenvalue weighted by atomic mass is 9.82. The first-order chi connectivity index (χ1) is 18.6. The molecule has 39 heavy (non-hydrogen) atoms. The van der Waals surface area contributed by atoms with Crippen molar-refractivity contribution in [2.24, 2.45) is 17.8 Å². The molecule has 2 N–H and O–H groups in total. The minimum Gasteiger partial charge on any atom is -0.468 e. The van der Waals surface area contributed by atoms with Gasteiger partial charge in [0.15, 0.2) is 6.29 Å². The minimum absolute atomic E-state index is 0.0495. The van der Waals surface area contributed by atoms with Crippen LogP contribution in [0.3, 0.4) is 0 Å². The van der Waals surface area contributed by atoms with Gasteiger partial charge in [0, 0.05) is 13.0 Å². The van der Waals surface area contributed by atoms with Crippen molar-refractivity contribution in [1.82, 2.24) is 15.3 Å². The molecule has 1 aromatic heterocycles. The Bertz CT molecular complexity index is 1160. The van der Waals surface area contributed by atoms with E-state index in [1.54, 1.807) is 12.1 Å². The first-order valence-corrected chi connectivity index (χ1v) is 15.1. The molecule has 11 heteroatoms. The average Bonchev–Trinajstić information content (AvgIpc) is 3.42. The van der Waals surface area contributed by atoms with Crippen LogP contribution in [0.2, 0.25) is 0 Å². The number of hydrazine groups is 1. The van der Waals surface area contributed by atoms with Crippen LogP contribution in [0.25, 0.3) is 6.08 Å². The van der Waals surface area contributed by atoms with Crippen molar-refractivity contribution in [3.63, 3.8) is 0 Å². The lowest BCUT2D eigenvalue weighted by Gasteiger charge is -2.29. The number of allylic oxidation sites excluding steroid dienone is 1. The third kappa shape index (κ3) is 10.2. The molecule has 0 spiro atoms. The number of ether oxygens (including phenoxy) is 1. The molecule has 1 unspecified atom stereocenters. The fourth-order valence-corrected chi connectivity index (χ4v) is 4.94. The van der Waals surface area contributed by atoms with Crippen molar-refractivity contribution >= 4 is 27.9 Å². The summed E-state index contributed by atoms with van der Waals surface area (Å²) in [5, 5.41) is 0. The molecule has 214 valence electrons. The average molecular weight is 562 g/mol. The molecule has 1 aliphatic heterocycles. The number of nitrogens with one attached hydrogen (secondary N) is 2. The van der Waals surface area contributed by atoms with Gasteiger partial charge in [0.05, 0.1) is 30.9 Å². The molecule has 2 heterocycles. The monoisotopic (exact) mass is 561 g/mol. The van der Waals surface area contributed by atoms with Gasteiger partial charge in [-0.25, -0.2) is 18.7 Å². The maximum absolute atomic E-state index is 13.6. The largest absolute Gasteiger partial charge is 0.468 e. The van der Waals surface area contributed by atoms with Crippen molar-refractivity contribution in [3.8, 4) is 0 Å². The summed E-state index contributed by atoms with van der Waals surface area (Å²) in [6.07, 6.45) is 8.71. The van der Waals surface area contributed by atoms with E-state index in [9.17, 15) is 18.0 Å². The quantitative estimate of drug-likeness (QED) is 0.334. The third-order valence-corrected chi connectivity index (χ3v) is 7.35. The zero-order valence-corrected chi connectivity index (χ0v) is 23.6. The Balaban J connectivity index is 1.82. The van der Waals surface area contributed by atoms with E-state index in [-0.39, 0.29) is 18.9 Å². The Morgan fingerprint density at radius 3 is 2.49 bits per heavy atom. The van der Waals surface area contributed by atoms with E-state index in [0.717, 1.165) is 29.1 Å². The van der Waals surface area contributed by atoms with Crippen LogP contribution in [-0.4, -0.2) is 43.8 Å². The molecule has 0 radical (unpaired) electrons. The molecule has 10 nitrogen and oxygen atoms in total. The minimum atomic E-state index is -3.84. The van der Waals surface area contributed by atoms with Gasteiger partial charge in [0.1, 0.15) is 5.76 Å². The fourth-order valence-electron chi connectivity index (χ4n) is 4.32. The Kier molecular flexibility index (Phi) is 11.7. The zero-order valence-electron chi connectivity index (χ0n) is 22.7. The highest BCUT2D eigenvalue weighted by molar-refractivity contribution is 7.88. The lowest BCUT2D eigenvalue weighted by molar-refractivity contribution is -0.203. The number of carbonyl (C=O) groups excluding carboxylic acids is 2. The van der Waals surface area contributed by atoms with E-state index in [0.29, 0.717) is 25.2 Å². The second-order valence-corrected chi connectivity index (χ2v) is 12.0. The molecule has 1 aromatic carbocycles. The fraction of sp³-hybridized carbons (Fsp3) is 0.500. The van der Waals surface area contributed by atoms with Crippen LogP contribution < -0.4 is 10.9 Å². The molecule has 1 saturated heterocycles. The van der Waals surface area contributed by atoms with Crippen molar-refractivity contribution in [1.29, 1.82) is 0 Å². The number of amides is 2. The van der Waals surface area contributed by atoms with Gasteiger partial charge < -0.3 is 9.15 Å². The smallest absolute Gasteiger partial charge is 0.247 e. The highest BCUT2D eigenvalue weighted by Crippen LogP contribution is 2.26. The van der Waals surface area contributed by atoms with Crippen LogP contribution in [0.4, 0.5) is 0 Å². The summed E-state index contributed by atoms with van der Waals surface area (Å²) in [5.41, 5.74) is 5.99. The Morgan fingerprint density at radius 1 is 1.10 bits per heavy atom. The first kappa shape index (κ1) is 30.6. The molecule has 1 aliphatic rings. The summed E-state index contributed by atoms with van der Waals surface area (Å²) in [6.45, 7) is 4.26. The van der Waals surface area contributed by atoms with Crippen LogP contribution in [0, 0.1) is 17.8 Å². The summed E-state index contributed by atoms with van der Waals surface area (Å²) < 4.78 is 36.6. The van der Waals surface area contributed by atoms with Crippen molar-refractivity contribution in [2.45, 2.75) is 58.8 Å². The topological polar surface area (TPSA) is 127 Å². The standard InChI is InChI=1S/C28H39N3O7S/c1-21(2)19-25(27(32)29-31(39(3,34)35)20-23-14-10-18-36-23)24(15-9-13-22-11-5-4-6-12-22)28(33)30-38-26-16-7-8-17-37-26/h4-6,9-14,18,21,24-26H,7-8,15-17,19-20H2,1-3H3,(H,29,32)(H,30,33)/b13-9+/t24-,25+,26?/m0/s1. The van der Waals surface area contributed by atoms with E-state index >= 15 is 0 Å². The molecule has 1 fully saturated rings. The number of benzene rings is 1. The number of furan rings is 1. The molecular weight excluding hydrogens is 522 g/mol. The normalized spacial score (nSPS) is 17.8. The predicted octanol–water partition coefficient (Wildman–Crippen LogP) is 4.03. The van der Waals surface area contributed by atoms with E-state index in [4.69, 9.17) is 14.0 Å². The van der Waals surface area contributed by atoms with Gasteiger partial charge in [-0.2, -0.15) is 0 Å². The SMILES string of the molecule is CC(C)C[C@@H](C(=O)NN(Cc1ccco1)S(C)(=O)=O)[C@H](C/C=C/c1ccccc1)C(=O)NOC1CCCCO1. The number of nitrogens with zero attached hydrogens (tertiary/aromatic N) is 1.